The fraction of sp³-hybridized carbons (Fsp3) is 0.250. The molecule has 0 amide bonds. The van der Waals surface area contributed by atoms with Crippen molar-refractivity contribution in [3.63, 3.8) is 0 Å². The minimum atomic E-state index is 0.540. The van der Waals surface area contributed by atoms with Crippen LogP contribution in [0.2, 0.25) is 0 Å². The van der Waals surface area contributed by atoms with Crippen LogP contribution in [0.5, 0.6) is 0 Å². The summed E-state index contributed by atoms with van der Waals surface area (Å²) >= 11 is 0. The van der Waals surface area contributed by atoms with Crippen molar-refractivity contribution in [1.82, 2.24) is 4.98 Å². The van der Waals surface area contributed by atoms with Crippen molar-refractivity contribution in [2.75, 3.05) is 11.9 Å². The second-order valence-corrected chi connectivity index (χ2v) is 3.31. The molecule has 1 heterocycles. The minimum absolute atomic E-state index is 0.540. The van der Waals surface area contributed by atoms with Crippen molar-refractivity contribution < 1.29 is 0 Å². The van der Waals surface area contributed by atoms with Crippen molar-refractivity contribution in [3.8, 4) is 0 Å². The van der Waals surface area contributed by atoms with Gasteiger partial charge in [-0.1, -0.05) is 24.3 Å². The van der Waals surface area contributed by atoms with Gasteiger partial charge in [0.05, 0.1) is 0 Å². The number of rotatable bonds is 3. The summed E-state index contributed by atoms with van der Waals surface area (Å²) in [5.74, 6) is 0.855. The van der Waals surface area contributed by atoms with Crippen molar-refractivity contribution >= 4 is 19.3 Å². The highest BCUT2D eigenvalue weighted by molar-refractivity contribution is 6.30. The highest BCUT2D eigenvalue weighted by Gasteiger charge is 2.02. The average molecular weight is 198 g/mol. The van der Waals surface area contributed by atoms with E-state index in [0.29, 0.717) is 5.59 Å². The van der Waals surface area contributed by atoms with E-state index >= 15 is 0 Å². The SMILES string of the molecule is [B]c1cccc(N(C)/C(C)=C\C=C\C)n1. The molecular weight excluding hydrogens is 183 g/mol. The lowest BCUT2D eigenvalue weighted by molar-refractivity contribution is 1.05. The molecule has 1 aromatic heterocycles. The van der Waals surface area contributed by atoms with E-state index in [0.717, 1.165) is 11.5 Å². The van der Waals surface area contributed by atoms with Crippen molar-refractivity contribution in [3.05, 3.63) is 42.1 Å². The first-order chi connectivity index (χ1) is 7.15. The molecule has 0 aliphatic carbocycles. The zero-order valence-electron chi connectivity index (χ0n) is 9.44. The molecule has 2 nitrogen and oxygen atoms in total. The van der Waals surface area contributed by atoms with Gasteiger partial charge in [-0.25, -0.2) is 4.98 Å². The molecular formula is C12H15BN2. The molecule has 2 radical (unpaired) electrons. The summed E-state index contributed by atoms with van der Waals surface area (Å²) in [4.78, 5) is 6.24. The third-order valence-electron chi connectivity index (χ3n) is 2.16. The molecule has 0 N–H and O–H groups in total. The highest BCUT2D eigenvalue weighted by Crippen LogP contribution is 2.11. The van der Waals surface area contributed by atoms with Gasteiger partial charge in [-0.15, -0.1) is 0 Å². The van der Waals surface area contributed by atoms with Crippen LogP contribution in [-0.4, -0.2) is 19.9 Å². The molecule has 0 saturated carbocycles. The molecule has 76 valence electrons. The van der Waals surface area contributed by atoms with E-state index in [-0.39, 0.29) is 0 Å². The van der Waals surface area contributed by atoms with Crippen LogP contribution in [0.15, 0.2) is 42.1 Å². The number of aromatic nitrogens is 1. The summed E-state index contributed by atoms with van der Waals surface area (Å²) in [6, 6.07) is 5.61. The average Bonchev–Trinajstić information content (AvgIpc) is 2.24. The van der Waals surface area contributed by atoms with Crippen LogP contribution in [0.4, 0.5) is 5.82 Å². The Morgan fingerprint density at radius 2 is 2.20 bits per heavy atom. The van der Waals surface area contributed by atoms with Gasteiger partial charge in [0, 0.05) is 12.7 Å². The van der Waals surface area contributed by atoms with Gasteiger partial charge in [-0.2, -0.15) is 0 Å². The molecule has 0 aromatic carbocycles. The Kier molecular flexibility index (Phi) is 4.16. The lowest BCUT2D eigenvalue weighted by Crippen LogP contribution is -2.19. The number of allylic oxidation sites excluding steroid dienone is 4. The Bertz CT molecular complexity index is 383. The Balaban J connectivity index is 2.89. The number of anilines is 1. The fourth-order valence-corrected chi connectivity index (χ4v) is 1.15. The van der Waals surface area contributed by atoms with Crippen molar-refractivity contribution in [1.29, 1.82) is 0 Å². The number of hydrogen-bond acceptors (Lipinski definition) is 2. The third kappa shape index (κ3) is 3.28. The number of nitrogens with zero attached hydrogens (tertiary/aromatic N) is 2. The molecule has 15 heavy (non-hydrogen) atoms. The van der Waals surface area contributed by atoms with Gasteiger partial charge in [0.1, 0.15) is 13.7 Å². The highest BCUT2D eigenvalue weighted by atomic mass is 15.2. The normalized spacial score (nSPS) is 12.1. The van der Waals surface area contributed by atoms with Crippen LogP contribution < -0.4 is 10.5 Å². The Hall–Kier alpha value is -1.51. The van der Waals surface area contributed by atoms with Crippen LogP contribution in [0.3, 0.4) is 0 Å². The summed E-state index contributed by atoms with van der Waals surface area (Å²) in [6.45, 7) is 4.02. The minimum Gasteiger partial charge on any atom is -0.334 e. The zero-order valence-corrected chi connectivity index (χ0v) is 9.44. The monoisotopic (exact) mass is 198 g/mol. The topological polar surface area (TPSA) is 16.1 Å². The molecule has 3 heteroatoms. The predicted octanol–water partition coefficient (Wildman–Crippen LogP) is 1.79. The Morgan fingerprint density at radius 1 is 1.47 bits per heavy atom. The number of hydrogen-bond donors (Lipinski definition) is 0. The van der Waals surface area contributed by atoms with Gasteiger partial charge in [0.2, 0.25) is 0 Å². The first-order valence-corrected chi connectivity index (χ1v) is 4.91. The van der Waals surface area contributed by atoms with Gasteiger partial charge in [0.15, 0.2) is 0 Å². The molecule has 1 aromatic rings. The van der Waals surface area contributed by atoms with E-state index in [1.165, 1.54) is 0 Å². The maximum Gasteiger partial charge on any atom is 0.141 e. The largest absolute Gasteiger partial charge is 0.334 e. The van der Waals surface area contributed by atoms with Gasteiger partial charge in [0.25, 0.3) is 0 Å². The zero-order chi connectivity index (χ0) is 11.3. The first-order valence-electron chi connectivity index (χ1n) is 4.91. The second-order valence-electron chi connectivity index (χ2n) is 3.31. The first kappa shape index (κ1) is 11.6. The lowest BCUT2D eigenvalue weighted by atomic mass is 10.0. The predicted molar refractivity (Wildman–Crippen MR) is 66.6 cm³/mol. The smallest absolute Gasteiger partial charge is 0.141 e. The molecule has 0 bridgehead atoms. The van der Waals surface area contributed by atoms with Crippen molar-refractivity contribution in [2.24, 2.45) is 0 Å². The standard InChI is InChI=1S/C12H15BN2/c1-4-5-7-10(2)15(3)12-9-6-8-11(13)14-12/h4-9H,1-3H3/b5-4+,10-7-. The lowest BCUT2D eigenvalue weighted by Gasteiger charge is -2.18. The molecule has 0 aliphatic heterocycles. The molecule has 0 atom stereocenters. The quantitative estimate of drug-likeness (QED) is 0.543. The summed E-state index contributed by atoms with van der Waals surface area (Å²) in [7, 11) is 7.59. The van der Waals surface area contributed by atoms with E-state index in [4.69, 9.17) is 7.85 Å². The van der Waals surface area contributed by atoms with E-state index in [1.54, 1.807) is 6.07 Å². The Morgan fingerprint density at radius 3 is 2.80 bits per heavy atom. The van der Waals surface area contributed by atoms with Gasteiger partial charge in [-0.05, 0) is 31.6 Å². The molecule has 1 rings (SSSR count). The molecule has 0 aliphatic rings. The van der Waals surface area contributed by atoms with E-state index in [1.807, 2.05) is 56.2 Å². The molecule has 0 fully saturated rings. The maximum absolute atomic E-state index is 5.63. The van der Waals surface area contributed by atoms with Gasteiger partial charge in [-0.3, -0.25) is 0 Å². The van der Waals surface area contributed by atoms with Crippen LogP contribution >= 0.6 is 0 Å². The van der Waals surface area contributed by atoms with Crippen LogP contribution in [0.1, 0.15) is 13.8 Å². The third-order valence-corrected chi connectivity index (χ3v) is 2.16. The van der Waals surface area contributed by atoms with E-state index in [2.05, 4.69) is 4.98 Å². The second kappa shape index (κ2) is 5.39. The molecule has 0 spiro atoms. The van der Waals surface area contributed by atoms with Crippen LogP contribution in [-0.2, 0) is 0 Å². The van der Waals surface area contributed by atoms with Crippen LogP contribution in [0.25, 0.3) is 0 Å². The summed E-state index contributed by atoms with van der Waals surface area (Å²) < 4.78 is 0. The maximum atomic E-state index is 5.63. The van der Waals surface area contributed by atoms with Gasteiger partial charge < -0.3 is 4.90 Å². The van der Waals surface area contributed by atoms with Gasteiger partial charge >= 0.3 is 0 Å². The van der Waals surface area contributed by atoms with E-state index in [9.17, 15) is 0 Å². The Labute approximate surface area is 92.7 Å². The summed E-state index contributed by atoms with van der Waals surface area (Å²) in [5.41, 5.74) is 1.66. The van der Waals surface area contributed by atoms with Crippen LogP contribution in [0, 0.1) is 0 Å². The summed E-state index contributed by atoms with van der Waals surface area (Å²) in [5, 5.41) is 0. The van der Waals surface area contributed by atoms with E-state index < -0.39 is 0 Å². The number of pyridine rings is 1. The molecule has 0 unspecified atom stereocenters. The fourth-order valence-electron chi connectivity index (χ4n) is 1.15. The molecule has 0 saturated heterocycles. The van der Waals surface area contributed by atoms with Crippen molar-refractivity contribution in [2.45, 2.75) is 13.8 Å². The summed E-state index contributed by atoms with van der Waals surface area (Å²) in [6.07, 6.45) is 6.02.